The Morgan fingerprint density at radius 2 is 1.96 bits per heavy atom. The molecule has 6 nitrogen and oxygen atoms in total. The van der Waals surface area contributed by atoms with Gasteiger partial charge in [0.25, 0.3) is 0 Å². The lowest BCUT2D eigenvalue weighted by atomic mass is 10.2. The lowest BCUT2D eigenvalue weighted by Crippen LogP contribution is -2.46. The standard InChI is InChI=1S/C16H20F2N2O4/c1-10(15(22)23)20(12-4-5-12)9-14(21)19-8-11-2-6-13(7-3-11)24-16(17)18/h2-3,6-7,10,12,16H,4-5,8-9H2,1H3,(H,19,21)(H,22,23). The Morgan fingerprint density at radius 3 is 2.46 bits per heavy atom. The van der Waals surface area contributed by atoms with Gasteiger partial charge in [0.05, 0.1) is 6.54 Å². The zero-order valence-corrected chi connectivity index (χ0v) is 13.2. The first-order valence-corrected chi connectivity index (χ1v) is 7.66. The molecule has 8 heteroatoms. The fourth-order valence-corrected chi connectivity index (χ4v) is 2.34. The van der Waals surface area contributed by atoms with E-state index < -0.39 is 18.6 Å². The molecule has 132 valence electrons. The molecule has 1 aliphatic rings. The predicted molar refractivity (Wildman–Crippen MR) is 81.7 cm³/mol. The van der Waals surface area contributed by atoms with Crippen molar-refractivity contribution in [1.29, 1.82) is 0 Å². The number of benzene rings is 1. The second-order valence-electron chi connectivity index (χ2n) is 5.72. The van der Waals surface area contributed by atoms with Crippen molar-refractivity contribution < 1.29 is 28.2 Å². The SMILES string of the molecule is CC(C(=O)O)N(CC(=O)NCc1ccc(OC(F)F)cc1)C1CC1. The quantitative estimate of drug-likeness (QED) is 0.716. The third kappa shape index (κ3) is 5.45. The molecule has 1 saturated carbocycles. The molecular weight excluding hydrogens is 322 g/mol. The van der Waals surface area contributed by atoms with Crippen molar-refractivity contribution in [3.8, 4) is 5.75 Å². The van der Waals surface area contributed by atoms with Crippen molar-refractivity contribution in [3.63, 3.8) is 0 Å². The second kappa shape index (κ2) is 8.05. The average molecular weight is 342 g/mol. The first-order valence-electron chi connectivity index (χ1n) is 7.66. The Hall–Kier alpha value is -2.22. The van der Waals surface area contributed by atoms with E-state index in [9.17, 15) is 18.4 Å². The summed E-state index contributed by atoms with van der Waals surface area (Å²) in [4.78, 5) is 24.8. The van der Waals surface area contributed by atoms with E-state index in [1.165, 1.54) is 12.1 Å². The zero-order chi connectivity index (χ0) is 17.7. The van der Waals surface area contributed by atoms with Crippen LogP contribution in [0.15, 0.2) is 24.3 Å². The molecule has 1 aliphatic carbocycles. The molecule has 0 heterocycles. The van der Waals surface area contributed by atoms with E-state index in [1.54, 1.807) is 24.0 Å². The minimum Gasteiger partial charge on any atom is -0.480 e. The van der Waals surface area contributed by atoms with Crippen molar-refractivity contribution >= 4 is 11.9 Å². The highest BCUT2D eigenvalue weighted by Gasteiger charge is 2.36. The van der Waals surface area contributed by atoms with Gasteiger partial charge in [-0.3, -0.25) is 14.5 Å². The minimum atomic E-state index is -2.87. The number of aliphatic carboxylic acids is 1. The van der Waals surface area contributed by atoms with Gasteiger partial charge in [0.15, 0.2) is 0 Å². The van der Waals surface area contributed by atoms with Crippen LogP contribution in [0.2, 0.25) is 0 Å². The Labute approximate surface area is 138 Å². The van der Waals surface area contributed by atoms with Crippen LogP contribution in [0.4, 0.5) is 8.78 Å². The summed E-state index contributed by atoms with van der Waals surface area (Å²) in [5.41, 5.74) is 0.731. The Morgan fingerprint density at radius 1 is 1.33 bits per heavy atom. The lowest BCUT2D eigenvalue weighted by Gasteiger charge is -2.25. The summed E-state index contributed by atoms with van der Waals surface area (Å²) in [7, 11) is 0. The molecule has 1 fully saturated rings. The molecule has 1 atom stereocenters. The number of amides is 1. The number of nitrogens with one attached hydrogen (secondary N) is 1. The summed E-state index contributed by atoms with van der Waals surface area (Å²) >= 11 is 0. The van der Waals surface area contributed by atoms with Crippen LogP contribution in [-0.4, -0.2) is 47.1 Å². The van der Waals surface area contributed by atoms with Gasteiger partial charge >= 0.3 is 12.6 Å². The number of rotatable bonds is 9. The Kier molecular flexibility index (Phi) is 6.08. The fourth-order valence-electron chi connectivity index (χ4n) is 2.34. The van der Waals surface area contributed by atoms with E-state index in [0.717, 1.165) is 18.4 Å². The van der Waals surface area contributed by atoms with Gasteiger partial charge in [-0.15, -0.1) is 0 Å². The number of carboxylic acids is 1. The number of hydrogen-bond acceptors (Lipinski definition) is 4. The van der Waals surface area contributed by atoms with E-state index in [-0.39, 0.29) is 30.8 Å². The second-order valence-corrected chi connectivity index (χ2v) is 5.72. The van der Waals surface area contributed by atoms with Crippen LogP contribution in [0.5, 0.6) is 5.75 Å². The highest BCUT2D eigenvalue weighted by atomic mass is 19.3. The molecule has 0 spiro atoms. The van der Waals surface area contributed by atoms with Gasteiger partial charge in [0.1, 0.15) is 11.8 Å². The Bertz CT molecular complexity index is 576. The molecule has 0 bridgehead atoms. The van der Waals surface area contributed by atoms with E-state index in [2.05, 4.69) is 10.1 Å². The van der Waals surface area contributed by atoms with Crippen LogP contribution in [0.3, 0.4) is 0 Å². The molecular formula is C16H20F2N2O4. The number of nitrogens with zero attached hydrogens (tertiary/aromatic N) is 1. The Balaban J connectivity index is 1.82. The lowest BCUT2D eigenvalue weighted by molar-refractivity contribution is -0.143. The van der Waals surface area contributed by atoms with Crippen LogP contribution in [0, 0.1) is 0 Å². The monoisotopic (exact) mass is 342 g/mol. The number of halogens is 2. The third-order valence-corrected chi connectivity index (χ3v) is 3.84. The maximum atomic E-state index is 12.1. The number of carboxylic acid groups (broad SMARTS) is 1. The van der Waals surface area contributed by atoms with Crippen LogP contribution in [0.1, 0.15) is 25.3 Å². The molecule has 0 aliphatic heterocycles. The highest BCUT2D eigenvalue weighted by Crippen LogP contribution is 2.28. The first-order chi connectivity index (χ1) is 11.4. The minimum absolute atomic E-state index is 0.0186. The van der Waals surface area contributed by atoms with Crippen molar-refractivity contribution in [2.24, 2.45) is 0 Å². The number of carbonyl (C=O) groups excluding carboxylic acids is 1. The summed E-state index contributed by atoms with van der Waals surface area (Å²) < 4.78 is 28.4. The molecule has 24 heavy (non-hydrogen) atoms. The summed E-state index contributed by atoms with van der Waals surface area (Å²) in [6.45, 7) is -1.06. The molecule has 1 aromatic carbocycles. The maximum absolute atomic E-state index is 12.1. The molecule has 0 saturated heterocycles. The topological polar surface area (TPSA) is 78.9 Å². The predicted octanol–water partition coefficient (Wildman–Crippen LogP) is 1.84. The van der Waals surface area contributed by atoms with Gasteiger partial charge in [-0.25, -0.2) is 0 Å². The van der Waals surface area contributed by atoms with Crippen LogP contribution >= 0.6 is 0 Å². The average Bonchev–Trinajstić information content (AvgIpc) is 3.35. The van der Waals surface area contributed by atoms with Gasteiger partial charge in [0, 0.05) is 12.6 Å². The van der Waals surface area contributed by atoms with Gasteiger partial charge < -0.3 is 15.2 Å². The van der Waals surface area contributed by atoms with Gasteiger partial charge in [-0.2, -0.15) is 8.78 Å². The summed E-state index contributed by atoms with van der Waals surface area (Å²) in [5, 5.41) is 11.8. The van der Waals surface area contributed by atoms with Crippen molar-refractivity contribution in [3.05, 3.63) is 29.8 Å². The van der Waals surface area contributed by atoms with Gasteiger partial charge in [0.2, 0.25) is 5.91 Å². The van der Waals surface area contributed by atoms with Crippen LogP contribution in [-0.2, 0) is 16.1 Å². The van der Waals surface area contributed by atoms with Gasteiger partial charge in [-0.05, 0) is 37.5 Å². The molecule has 0 radical (unpaired) electrons. The molecule has 1 aromatic rings. The molecule has 1 unspecified atom stereocenters. The summed E-state index contributed by atoms with van der Waals surface area (Å²) in [6, 6.07) is 5.39. The molecule has 1 amide bonds. The van der Waals surface area contributed by atoms with Crippen molar-refractivity contribution in [1.82, 2.24) is 10.2 Å². The zero-order valence-electron chi connectivity index (χ0n) is 13.2. The highest BCUT2D eigenvalue weighted by molar-refractivity contribution is 5.80. The molecule has 2 rings (SSSR count). The summed E-state index contributed by atoms with van der Waals surface area (Å²) in [5.74, 6) is -1.18. The van der Waals surface area contributed by atoms with E-state index in [1.807, 2.05) is 0 Å². The number of alkyl halides is 2. The fraction of sp³-hybridized carbons (Fsp3) is 0.500. The first kappa shape index (κ1) is 18.1. The normalized spacial score (nSPS) is 15.4. The van der Waals surface area contributed by atoms with Crippen molar-refractivity contribution in [2.45, 2.75) is 45.0 Å². The van der Waals surface area contributed by atoms with E-state index >= 15 is 0 Å². The van der Waals surface area contributed by atoms with E-state index in [0.29, 0.717) is 0 Å². The smallest absolute Gasteiger partial charge is 0.387 e. The number of ether oxygens (including phenoxy) is 1. The third-order valence-electron chi connectivity index (χ3n) is 3.84. The van der Waals surface area contributed by atoms with Crippen LogP contribution in [0.25, 0.3) is 0 Å². The summed E-state index contributed by atoms with van der Waals surface area (Å²) in [6.07, 6.45) is 1.80. The van der Waals surface area contributed by atoms with E-state index in [4.69, 9.17) is 5.11 Å². The maximum Gasteiger partial charge on any atom is 0.387 e. The largest absolute Gasteiger partial charge is 0.480 e. The van der Waals surface area contributed by atoms with Crippen LogP contribution < -0.4 is 10.1 Å². The number of hydrogen-bond donors (Lipinski definition) is 2. The molecule has 2 N–H and O–H groups in total. The number of carbonyl (C=O) groups is 2. The van der Waals surface area contributed by atoms with Crippen molar-refractivity contribution in [2.75, 3.05) is 6.54 Å². The van der Waals surface area contributed by atoms with Gasteiger partial charge in [-0.1, -0.05) is 12.1 Å². The molecule has 0 aromatic heterocycles.